The van der Waals surface area contributed by atoms with Crippen molar-refractivity contribution in [3.63, 3.8) is 0 Å². The topological polar surface area (TPSA) is 139 Å². The normalized spacial score (nSPS) is 27.9. The molecule has 0 fully saturated rings. The van der Waals surface area contributed by atoms with Crippen LogP contribution in [0.15, 0.2) is 24.3 Å². The minimum atomic E-state index is -5.29. The molecule has 0 unspecified atom stereocenters. The quantitative estimate of drug-likeness (QED) is 0.289. The van der Waals surface area contributed by atoms with E-state index in [0.717, 1.165) is 0 Å². The SMILES string of the molecule is O=P([O-])([O-])Oc1c2c(c(OP(=O)(O)O)c3c1[C@H]1C=C[C@@H]3C1)[C@H]1C=C[C@@H]2C1.[Li+].[Li+]. The van der Waals surface area contributed by atoms with Crippen molar-refractivity contribution in [1.29, 1.82) is 0 Å². The largest absolute Gasteiger partial charge is 1.00 e. The Morgan fingerprint density at radius 1 is 0.750 bits per heavy atom. The molecular weight excluding hydrogens is 396 g/mol. The van der Waals surface area contributed by atoms with Gasteiger partial charge in [-0.1, -0.05) is 24.3 Å². The van der Waals surface area contributed by atoms with Gasteiger partial charge in [0.05, 0.1) is 0 Å². The Labute approximate surface area is 185 Å². The molecule has 0 aliphatic heterocycles. The number of phosphoric ester groups is 2. The maximum absolute atomic E-state index is 11.6. The third-order valence-corrected chi connectivity index (χ3v) is 6.45. The number of benzene rings is 1. The van der Waals surface area contributed by atoms with Gasteiger partial charge in [0, 0.05) is 45.9 Å². The summed E-state index contributed by atoms with van der Waals surface area (Å²) in [6, 6.07) is 0. The van der Waals surface area contributed by atoms with Crippen LogP contribution < -0.4 is 56.6 Å². The van der Waals surface area contributed by atoms with Crippen molar-refractivity contribution in [2.24, 2.45) is 0 Å². The van der Waals surface area contributed by atoms with E-state index in [4.69, 9.17) is 9.05 Å². The first-order valence-corrected chi connectivity index (χ1v) is 11.2. The van der Waals surface area contributed by atoms with Crippen LogP contribution in [0.25, 0.3) is 0 Å². The fourth-order valence-electron chi connectivity index (χ4n) is 4.93. The first kappa shape index (κ1) is 22.5. The number of hydrogen-bond acceptors (Lipinski definition) is 6. The van der Waals surface area contributed by atoms with Gasteiger partial charge >= 0.3 is 45.5 Å². The summed E-state index contributed by atoms with van der Waals surface area (Å²) >= 11 is 0. The van der Waals surface area contributed by atoms with Crippen LogP contribution in [-0.2, 0) is 9.13 Å². The van der Waals surface area contributed by atoms with Crippen molar-refractivity contribution < 1.29 is 75.5 Å². The van der Waals surface area contributed by atoms with Gasteiger partial charge in [-0.25, -0.2) is 4.57 Å². The van der Waals surface area contributed by atoms with Gasteiger partial charge in [-0.05, 0) is 12.8 Å². The van der Waals surface area contributed by atoms with Gasteiger partial charge in [-0.2, -0.15) is 0 Å². The molecule has 4 aliphatic rings. The molecule has 4 atom stereocenters. The molecule has 0 radical (unpaired) electrons. The van der Waals surface area contributed by atoms with Gasteiger partial charge in [0.2, 0.25) is 0 Å². The summed E-state index contributed by atoms with van der Waals surface area (Å²) in [7, 11) is -10.1. The minimum absolute atomic E-state index is 0. The van der Waals surface area contributed by atoms with Crippen molar-refractivity contribution in [2.45, 2.75) is 36.5 Å². The molecule has 0 spiro atoms. The molecule has 2 N–H and O–H groups in total. The van der Waals surface area contributed by atoms with E-state index < -0.39 is 15.6 Å². The zero-order chi connectivity index (χ0) is 18.4. The van der Waals surface area contributed by atoms with E-state index in [1.54, 1.807) is 0 Å². The summed E-state index contributed by atoms with van der Waals surface area (Å²) in [5.41, 5.74) is 2.08. The molecule has 0 heterocycles. The van der Waals surface area contributed by atoms with Crippen LogP contribution in [0.3, 0.4) is 0 Å². The van der Waals surface area contributed by atoms with E-state index in [1.807, 2.05) is 24.3 Å². The Morgan fingerprint density at radius 3 is 1.36 bits per heavy atom. The maximum atomic E-state index is 11.6. The van der Waals surface area contributed by atoms with Crippen LogP contribution in [0, 0.1) is 0 Å². The fraction of sp³-hybridized carbons (Fsp3) is 0.375. The number of rotatable bonds is 4. The molecule has 1 aromatic carbocycles. The molecule has 12 heteroatoms. The zero-order valence-corrected chi connectivity index (χ0v) is 17.1. The first-order valence-electron chi connectivity index (χ1n) is 8.19. The van der Waals surface area contributed by atoms with E-state index in [2.05, 4.69) is 0 Å². The maximum Gasteiger partial charge on any atom is 1.00 e. The zero-order valence-electron chi connectivity index (χ0n) is 15.3. The molecule has 0 saturated heterocycles. The molecule has 8 nitrogen and oxygen atoms in total. The van der Waals surface area contributed by atoms with Crippen LogP contribution in [-0.4, -0.2) is 9.79 Å². The predicted molar refractivity (Wildman–Crippen MR) is 85.8 cm³/mol. The van der Waals surface area contributed by atoms with Crippen molar-refractivity contribution in [3.8, 4) is 11.5 Å². The van der Waals surface area contributed by atoms with E-state index in [0.29, 0.717) is 35.1 Å². The molecule has 0 amide bonds. The predicted octanol–water partition coefficient (Wildman–Crippen LogP) is -4.34. The van der Waals surface area contributed by atoms with Crippen LogP contribution >= 0.6 is 15.6 Å². The van der Waals surface area contributed by atoms with Crippen molar-refractivity contribution in [1.82, 2.24) is 0 Å². The molecule has 4 aliphatic carbocycles. The third-order valence-electron chi connectivity index (χ3n) is 5.62. The van der Waals surface area contributed by atoms with E-state index in [-0.39, 0.29) is 72.9 Å². The molecule has 0 saturated carbocycles. The van der Waals surface area contributed by atoms with E-state index in [9.17, 15) is 28.7 Å². The van der Waals surface area contributed by atoms with Crippen molar-refractivity contribution in [2.75, 3.05) is 0 Å². The standard InChI is InChI=1S/C16H16O8P2.2Li/c17-25(18,19)23-15-11-7-1-2-8(5-7)12(11)16(24-26(20,21)22)14-10-4-3-9(6-10)13(14)15;;/h1-4,7-10H,5-6H2,(H2,17,18,19)(H2,20,21,22);;/q;2*+1/p-2/t7-,8+,9+,10-;;. The summed E-state index contributed by atoms with van der Waals surface area (Å²) in [4.78, 5) is 41.6. The van der Waals surface area contributed by atoms with Gasteiger partial charge < -0.3 is 23.4 Å². The Hall–Kier alpha value is -0.205. The fourth-order valence-corrected chi connectivity index (χ4v) is 5.79. The molecule has 1 aromatic rings. The molecule has 28 heavy (non-hydrogen) atoms. The van der Waals surface area contributed by atoms with Gasteiger partial charge in [-0.15, -0.1) is 0 Å². The molecular formula is C16H14Li2O8P2. The summed E-state index contributed by atoms with van der Waals surface area (Å²) < 4.78 is 33.0. The average molecular weight is 410 g/mol. The number of allylic oxidation sites excluding steroid dienone is 4. The second-order valence-corrected chi connectivity index (χ2v) is 9.34. The number of hydrogen-bond donors (Lipinski definition) is 2. The van der Waals surface area contributed by atoms with Gasteiger partial charge in [0.1, 0.15) is 19.3 Å². The smallest absolute Gasteiger partial charge is 0.780 e. The minimum Gasteiger partial charge on any atom is -0.780 e. The Morgan fingerprint density at radius 2 is 1.07 bits per heavy atom. The second kappa shape index (κ2) is 7.19. The van der Waals surface area contributed by atoms with Crippen LogP contribution in [0.1, 0.15) is 58.8 Å². The number of phosphoric acid groups is 2. The Balaban J connectivity index is 0.00000112. The molecule has 138 valence electrons. The average Bonchev–Trinajstić information content (AvgIpc) is 3.25. The van der Waals surface area contributed by atoms with Gasteiger partial charge in [0.15, 0.2) is 0 Å². The van der Waals surface area contributed by atoms with Gasteiger partial charge in [0.25, 0.3) is 0 Å². The number of fused-ring (bicyclic) bond motifs is 10. The first-order chi connectivity index (χ1) is 12.1. The van der Waals surface area contributed by atoms with Crippen molar-refractivity contribution in [3.05, 3.63) is 46.6 Å². The second-order valence-electron chi connectivity index (χ2n) is 7.10. The molecule has 4 bridgehead atoms. The third kappa shape index (κ3) is 3.45. The van der Waals surface area contributed by atoms with Crippen LogP contribution in [0.2, 0.25) is 0 Å². The Kier molecular flexibility index (Phi) is 5.77. The van der Waals surface area contributed by atoms with Gasteiger partial charge in [-0.3, -0.25) is 9.79 Å². The summed E-state index contributed by atoms with van der Waals surface area (Å²) in [5, 5.41) is 0. The summed E-state index contributed by atoms with van der Waals surface area (Å²) in [6.45, 7) is 0. The molecule has 5 rings (SSSR count). The molecule has 0 aromatic heterocycles. The monoisotopic (exact) mass is 410 g/mol. The Bertz CT molecular complexity index is 867. The van der Waals surface area contributed by atoms with Crippen molar-refractivity contribution >= 4 is 15.6 Å². The van der Waals surface area contributed by atoms with E-state index >= 15 is 0 Å². The van der Waals surface area contributed by atoms with Crippen LogP contribution in [0.4, 0.5) is 0 Å². The van der Waals surface area contributed by atoms with E-state index in [1.165, 1.54) is 0 Å². The summed E-state index contributed by atoms with van der Waals surface area (Å²) in [6.07, 6.45) is 8.89. The summed E-state index contributed by atoms with van der Waals surface area (Å²) in [5.74, 6) is -0.464. The van der Waals surface area contributed by atoms with Crippen LogP contribution in [0.5, 0.6) is 11.5 Å².